The van der Waals surface area contributed by atoms with Crippen LogP contribution in [0.4, 0.5) is 0 Å². The van der Waals surface area contributed by atoms with Crippen molar-refractivity contribution in [2.75, 3.05) is 13.2 Å². The fourth-order valence-corrected chi connectivity index (χ4v) is 6.29. The van der Waals surface area contributed by atoms with E-state index in [1.54, 1.807) is 0 Å². The van der Waals surface area contributed by atoms with Crippen molar-refractivity contribution in [3.05, 3.63) is 125 Å². The monoisotopic (exact) mass is 550 g/mol. The van der Waals surface area contributed by atoms with Crippen molar-refractivity contribution in [1.29, 1.82) is 5.26 Å². The number of nitrogens with two attached hydrogens (primary N) is 1. The van der Waals surface area contributed by atoms with E-state index < -0.39 is 19.8 Å². The number of rotatable bonds is 11. The number of aromatic nitrogens is 2. The van der Waals surface area contributed by atoms with E-state index >= 15 is 0 Å². The molecule has 4 rings (SSSR count). The van der Waals surface area contributed by atoms with Gasteiger partial charge in [0.25, 0.3) is 0 Å². The molecule has 0 fully saturated rings. The van der Waals surface area contributed by atoms with Crippen LogP contribution < -0.4 is 5.73 Å². The molecule has 0 saturated heterocycles. The van der Waals surface area contributed by atoms with Crippen molar-refractivity contribution in [3.8, 4) is 6.07 Å². The average Bonchev–Trinajstić information content (AvgIpc) is 3.36. The molecule has 0 amide bonds. The lowest BCUT2D eigenvalue weighted by Gasteiger charge is -2.39. The van der Waals surface area contributed by atoms with E-state index in [1.807, 2.05) is 24.5 Å². The molecule has 5 nitrogen and oxygen atoms in total. The Morgan fingerprint density at radius 3 is 1.75 bits per heavy atom. The van der Waals surface area contributed by atoms with Crippen molar-refractivity contribution >= 4 is 8.32 Å². The first-order valence-corrected chi connectivity index (χ1v) is 17.0. The first-order chi connectivity index (χ1) is 19.2. The van der Waals surface area contributed by atoms with Crippen molar-refractivity contribution in [2.24, 2.45) is 5.73 Å². The van der Waals surface area contributed by atoms with Gasteiger partial charge in [0.1, 0.15) is 5.54 Å². The lowest BCUT2D eigenvalue weighted by atomic mass is 9.76. The summed E-state index contributed by atoms with van der Waals surface area (Å²) in [4.78, 5) is 4.91. The fraction of sp³-hybridized carbons (Fsp3) is 0.353. The number of nitrogens with zero attached hydrogens (tertiary/aromatic N) is 3. The Labute approximate surface area is 240 Å². The van der Waals surface area contributed by atoms with Gasteiger partial charge in [0.15, 0.2) is 8.32 Å². The molecular weight excluding hydrogens is 508 g/mol. The Balaban J connectivity index is 1.95. The maximum absolute atomic E-state index is 10.6. The molecular formula is C34H42N4OSi. The van der Waals surface area contributed by atoms with Gasteiger partial charge in [-0.15, -0.1) is 0 Å². The summed E-state index contributed by atoms with van der Waals surface area (Å²) in [6, 6.07) is 34.1. The first-order valence-electron chi connectivity index (χ1n) is 14.1. The fourth-order valence-electron chi connectivity index (χ4n) is 5.23. The number of benzene rings is 3. The van der Waals surface area contributed by atoms with E-state index in [2.05, 4.69) is 117 Å². The van der Waals surface area contributed by atoms with Crippen LogP contribution in [0.1, 0.15) is 61.2 Å². The molecule has 0 saturated carbocycles. The third kappa shape index (κ3) is 5.69. The maximum Gasteiger partial charge on any atom is 0.191 e. The standard InChI is InChI=1S/C34H42N4OSi/c1-33(2,3)40(4,5)39-24-22-27(25-36)32-31(21-23-35)37-26-38(32)34(28-15-9-6-10-16-28,29-17-11-7-12-18-29)30-19-13-8-14-20-30/h6-20,26-27H,21-24,35H2,1-5H3. The van der Waals surface area contributed by atoms with E-state index in [4.69, 9.17) is 15.1 Å². The SMILES string of the molecule is CC(C)(C)[Si](C)(C)OCCC(C#N)c1c(CCN)ncn1C(c1ccccc1)(c1ccccc1)c1ccccc1. The molecule has 2 N–H and O–H groups in total. The van der Waals surface area contributed by atoms with Gasteiger partial charge in [0.05, 0.1) is 29.7 Å². The molecule has 0 bridgehead atoms. The highest BCUT2D eigenvalue weighted by Gasteiger charge is 2.42. The van der Waals surface area contributed by atoms with E-state index in [0.717, 1.165) is 28.1 Å². The number of hydrogen-bond acceptors (Lipinski definition) is 4. The molecule has 1 unspecified atom stereocenters. The lowest BCUT2D eigenvalue weighted by molar-refractivity contribution is 0.276. The summed E-state index contributed by atoms with van der Waals surface area (Å²) in [5, 5.41) is 10.7. The second kappa shape index (κ2) is 12.3. The van der Waals surface area contributed by atoms with Crippen LogP contribution in [-0.4, -0.2) is 31.0 Å². The summed E-state index contributed by atoms with van der Waals surface area (Å²) in [7, 11) is -1.96. The van der Waals surface area contributed by atoms with E-state index in [1.165, 1.54) is 0 Å². The normalized spacial score (nSPS) is 13.1. The van der Waals surface area contributed by atoms with Crippen LogP contribution in [0.5, 0.6) is 0 Å². The predicted octanol–water partition coefficient (Wildman–Crippen LogP) is 7.24. The van der Waals surface area contributed by atoms with Gasteiger partial charge in [-0.3, -0.25) is 0 Å². The lowest BCUT2D eigenvalue weighted by Crippen LogP contribution is -2.41. The molecule has 6 heteroatoms. The molecule has 0 aliphatic carbocycles. The van der Waals surface area contributed by atoms with Gasteiger partial charge in [-0.05, 0) is 47.8 Å². The summed E-state index contributed by atoms with van der Waals surface area (Å²) < 4.78 is 8.77. The van der Waals surface area contributed by atoms with Gasteiger partial charge in [-0.25, -0.2) is 4.98 Å². The topological polar surface area (TPSA) is 76.9 Å². The highest BCUT2D eigenvalue weighted by Crippen LogP contribution is 2.44. The second-order valence-corrected chi connectivity index (χ2v) is 16.7. The Morgan fingerprint density at radius 2 is 1.35 bits per heavy atom. The van der Waals surface area contributed by atoms with Gasteiger partial charge in [-0.1, -0.05) is 112 Å². The maximum atomic E-state index is 10.6. The summed E-state index contributed by atoms with van der Waals surface area (Å²) in [5.41, 5.74) is 10.4. The molecule has 1 heterocycles. The highest BCUT2D eigenvalue weighted by molar-refractivity contribution is 6.74. The van der Waals surface area contributed by atoms with E-state index in [-0.39, 0.29) is 5.04 Å². The minimum absolute atomic E-state index is 0.102. The molecule has 0 radical (unpaired) electrons. The predicted molar refractivity (Wildman–Crippen MR) is 166 cm³/mol. The smallest absolute Gasteiger partial charge is 0.191 e. The molecule has 1 atom stereocenters. The third-order valence-electron chi connectivity index (χ3n) is 8.36. The second-order valence-electron chi connectivity index (χ2n) is 11.9. The summed E-state index contributed by atoms with van der Waals surface area (Å²) in [6.45, 7) is 12.2. The van der Waals surface area contributed by atoms with Crippen LogP contribution in [0.25, 0.3) is 0 Å². The Kier molecular flexibility index (Phi) is 9.10. The van der Waals surface area contributed by atoms with Gasteiger partial charge in [0.2, 0.25) is 0 Å². The van der Waals surface area contributed by atoms with E-state index in [0.29, 0.717) is 26.0 Å². The van der Waals surface area contributed by atoms with Crippen LogP contribution in [0.15, 0.2) is 97.3 Å². The molecule has 4 aromatic rings. The molecule has 208 valence electrons. The average molecular weight is 551 g/mol. The Hall–Kier alpha value is -3.50. The van der Waals surface area contributed by atoms with Crippen molar-refractivity contribution < 1.29 is 4.43 Å². The minimum atomic E-state index is -1.96. The zero-order valence-electron chi connectivity index (χ0n) is 24.5. The molecule has 3 aromatic carbocycles. The van der Waals surface area contributed by atoms with Crippen LogP contribution in [-0.2, 0) is 16.4 Å². The van der Waals surface area contributed by atoms with Crippen molar-refractivity contribution in [2.45, 2.75) is 63.2 Å². The zero-order valence-corrected chi connectivity index (χ0v) is 25.5. The Morgan fingerprint density at radius 1 is 0.875 bits per heavy atom. The number of hydrogen-bond donors (Lipinski definition) is 1. The molecule has 0 aliphatic heterocycles. The Bertz CT molecular complexity index is 1310. The number of imidazole rings is 1. The summed E-state index contributed by atoms with van der Waals surface area (Å²) in [5.74, 6) is -0.413. The molecule has 1 aromatic heterocycles. The van der Waals surface area contributed by atoms with Gasteiger partial charge >= 0.3 is 0 Å². The molecule has 40 heavy (non-hydrogen) atoms. The van der Waals surface area contributed by atoms with Crippen LogP contribution in [0.3, 0.4) is 0 Å². The summed E-state index contributed by atoms with van der Waals surface area (Å²) >= 11 is 0. The summed E-state index contributed by atoms with van der Waals surface area (Å²) in [6.07, 6.45) is 3.09. The number of nitriles is 1. The van der Waals surface area contributed by atoms with Crippen LogP contribution >= 0.6 is 0 Å². The van der Waals surface area contributed by atoms with Gasteiger partial charge in [-0.2, -0.15) is 5.26 Å². The molecule has 0 spiro atoms. The van der Waals surface area contributed by atoms with Gasteiger partial charge < -0.3 is 14.7 Å². The van der Waals surface area contributed by atoms with Crippen molar-refractivity contribution in [3.63, 3.8) is 0 Å². The highest BCUT2D eigenvalue weighted by atomic mass is 28.4. The van der Waals surface area contributed by atoms with Crippen LogP contribution in [0, 0.1) is 11.3 Å². The van der Waals surface area contributed by atoms with Crippen LogP contribution in [0.2, 0.25) is 18.1 Å². The minimum Gasteiger partial charge on any atom is -0.417 e. The van der Waals surface area contributed by atoms with Crippen molar-refractivity contribution in [1.82, 2.24) is 9.55 Å². The largest absolute Gasteiger partial charge is 0.417 e. The van der Waals surface area contributed by atoms with Gasteiger partial charge in [0, 0.05) is 13.0 Å². The molecule has 0 aliphatic rings. The third-order valence-corrected chi connectivity index (χ3v) is 12.9. The first kappa shape index (κ1) is 29.5. The van der Waals surface area contributed by atoms with E-state index in [9.17, 15) is 5.26 Å². The zero-order chi connectivity index (χ0) is 28.8. The quantitative estimate of drug-likeness (QED) is 0.158.